The number of rotatable bonds is 9. The Bertz CT molecular complexity index is 1690. The largest absolute Gasteiger partial charge is 0.478 e. The average Bonchev–Trinajstić information content (AvgIpc) is 3.62. The molecule has 1 aliphatic heterocycles. The number of carbonyl (C=O) groups is 1. The number of nitrogens with zero attached hydrogens (tertiary/aromatic N) is 3. The molecule has 7 nitrogen and oxygen atoms in total. The maximum atomic E-state index is 11.9. The van der Waals surface area contributed by atoms with Crippen molar-refractivity contribution in [1.29, 1.82) is 0 Å². The van der Waals surface area contributed by atoms with Gasteiger partial charge >= 0.3 is 5.97 Å². The molecule has 1 spiro atoms. The molecular formula is C33H33Cl2N3O4. The standard InChI is InChI=1S/C33H33Cl2N3O4/c1-2-14-41-19-38-18-24(32(39)40)23-9-8-22(15-27(23)38)37-12-10-33(11-13-37)16-21(17-33)28-30(36-42-31(28)20-6-7-20)29-25(34)4-3-5-26(29)35/h3-5,8-9,15-16,18,20H,2,6-7,10-14,17,19H2,1H3,(H,39,40). The number of hydrogen-bond donors (Lipinski definition) is 1. The minimum absolute atomic E-state index is 0.153. The number of carboxylic acid groups (broad SMARTS) is 1. The van der Waals surface area contributed by atoms with E-state index in [1.54, 1.807) is 6.20 Å². The van der Waals surface area contributed by atoms with E-state index in [4.69, 9.17) is 32.5 Å². The van der Waals surface area contributed by atoms with Crippen LogP contribution in [-0.4, -0.2) is 40.5 Å². The predicted molar refractivity (Wildman–Crippen MR) is 166 cm³/mol. The van der Waals surface area contributed by atoms with Gasteiger partial charge in [0.15, 0.2) is 0 Å². The van der Waals surface area contributed by atoms with Gasteiger partial charge in [0.2, 0.25) is 0 Å². The van der Waals surface area contributed by atoms with Crippen LogP contribution >= 0.6 is 23.2 Å². The summed E-state index contributed by atoms with van der Waals surface area (Å²) in [5.74, 6) is 0.469. The van der Waals surface area contributed by atoms with Crippen LogP contribution in [0.2, 0.25) is 10.0 Å². The lowest BCUT2D eigenvalue weighted by Gasteiger charge is -2.47. The van der Waals surface area contributed by atoms with Crippen molar-refractivity contribution in [3.05, 3.63) is 75.6 Å². The summed E-state index contributed by atoms with van der Waals surface area (Å²) in [4.78, 5) is 14.3. The molecule has 0 atom stereocenters. The van der Waals surface area contributed by atoms with Gasteiger partial charge in [0.25, 0.3) is 0 Å². The molecule has 0 amide bonds. The van der Waals surface area contributed by atoms with Crippen LogP contribution in [0.15, 0.2) is 53.2 Å². The highest BCUT2D eigenvalue weighted by Gasteiger charge is 2.44. The van der Waals surface area contributed by atoms with Gasteiger partial charge in [-0.25, -0.2) is 4.79 Å². The monoisotopic (exact) mass is 605 g/mol. The van der Waals surface area contributed by atoms with E-state index in [-0.39, 0.29) is 5.41 Å². The fourth-order valence-corrected chi connectivity index (χ4v) is 7.18. The van der Waals surface area contributed by atoms with E-state index in [0.29, 0.717) is 34.9 Å². The lowest BCUT2D eigenvalue weighted by Crippen LogP contribution is -2.42. The number of piperidine rings is 1. The maximum Gasteiger partial charge on any atom is 0.337 e. The van der Waals surface area contributed by atoms with Crippen molar-refractivity contribution in [2.45, 2.75) is 58.1 Å². The Labute approximate surface area is 254 Å². The molecule has 4 aromatic rings. The molecule has 2 aromatic carbocycles. The molecule has 0 unspecified atom stereocenters. The SMILES string of the molecule is CCCOCn1cc(C(=O)O)c2ccc(N3CCC4(C=C(c5c(-c6c(Cl)cccc6Cl)noc5C5CC5)C4)CC3)cc21. The Balaban J connectivity index is 1.12. The van der Waals surface area contributed by atoms with E-state index >= 15 is 0 Å². The smallest absolute Gasteiger partial charge is 0.337 e. The molecule has 7 rings (SSSR count). The molecule has 0 bridgehead atoms. The van der Waals surface area contributed by atoms with Gasteiger partial charge in [-0.3, -0.25) is 0 Å². The molecule has 9 heteroatoms. The van der Waals surface area contributed by atoms with Crippen LogP contribution in [0.5, 0.6) is 0 Å². The molecule has 1 saturated heterocycles. The predicted octanol–water partition coefficient (Wildman–Crippen LogP) is 8.64. The summed E-state index contributed by atoms with van der Waals surface area (Å²) in [7, 11) is 0. The highest BCUT2D eigenvalue weighted by Crippen LogP contribution is 2.56. The van der Waals surface area contributed by atoms with Crippen LogP contribution in [0.4, 0.5) is 5.69 Å². The molecule has 2 aliphatic carbocycles. The van der Waals surface area contributed by atoms with Crippen molar-refractivity contribution in [3.8, 4) is 11.3 Å². The first-order valence-corrected chi connectivity index (χ1v) is 15.5. The van der Waals surface area contributed by atoms with E-state index in [1.165, 1.54) is 5.57 Å². The van der Waals surface area contributed by atoms with Gasteiger partial charge in [-0.1, -0.05) is 47.4 Å². The van der Waals surface area contributed by atoms with Crippen LogP contribution in [0, 0.1) is 5.41 Å². The zero-order chi connectivity index (χ0) is 29.0. The summed E-state index contributed by atoms with van der Waals surface area (Å²) in [6.45, 7) is 4.89. The van der Waals surface area contributed by atoms with Crippen LogP contribution in [-0.2, 0) is 11.5 Å². The number of halogens is 2. The van der Waals surface area contributed by atoms with E-state index < -0.39 is 5.97 Å². The fourth-order valence-electron chi connectivity index (χ4n) is 6.61. The highest BCUT2D eigenvalue weighted by atomic mass is 35.5. The number of benzene rings is 2. The Morgan fingerprint density at radius 1 is 1.14 bits per heavy atom. The van der Waals surface area contributed by atoms with Crippen LogP contribution in [0.1, 0.15) is 73.0 Å². The molecule has 3 heterocycles. The number of carboxylic acids is 1. The van der Waals surface area contributed by atoms with E-state index in [2.05, 4.69) is 29.1 Å². The molecule has 1 N–H and O–H groups in total. The Morgan fingerprint density at radius 3 is 2.55 bits per heavy atom. The van der Waals surface area contributed by atoms with Gasteiger partial charge < -0.3 is 23.8 Å². The van der Waals surface area contributed by atoms with Crippen molar-refractivity contribution in [2.75, 3.05) is 24.6 Å². The quantitative estimate of drug-likeness (QED) is 0.192. The van der Waals surface area contributed by atoms with Gasteiger partial charge in [-0.2, -0.15) is 0 Å². The molecule has 1 saturated carbocycles. The van der Waals surface area contributed by atoms with Crippen molar-refractivity contribution >= 4 is 51.3 Å². The Morgan fingerprint density at radius 2 is 1.88 bits per heavy atom. The minimum Gasteiger partial charge on any atom is -0.478 e. The Hall–Kier alpha value is -3.26. The van der Waals surface area contributed by atoms with E-state index in [0.717, 1.165) is 90.8 Å². The fraction of sp³-hybridized carbons (Fsp3) is 0.394. The summed E-state index contributed by atoms with van der Waals surface area (Å²) in [5, 5.41) is 16.1. The van der Waals surface area contributed by atoms with Crippen LogP contribution in [0.25, 0.3) is 27.7 Å². The van der Waals surface area contributed by atoms with Gasteiger partial charge in [0.1, 0.15) is 18.2 Å². The molecule has 218 valence electrons. The number of allylic oxidation sites excluding steroid dienone is 2. The van der Waals surface area contributed by atoms with Crippen LogP contribution in [0.3, 0.4) is 0 Å². The molecule has 2 fully saturated rings. The van der Waals surface area contributed by atoms with Crippen molar-refractivity contribution in [1.82, 2.24) is 9.72 Å². The molecule has 0 radical (unpaired) electrons. The van der Waals surface area contributed by atoms with Crippen molar-refractivity contribution < 1.29 is 19.2 Å². The lowest BCUT2D eigenvalue weighted by atomic mass is 9.63. The van der Waals surface area contributed by atoms with Crippen molar-refractivity contribution in [2.24, 2.45) is 5.41 Å². The van der Waals surface area contributed by atoms with E-state index in [1.807, 2.05) is 34.9 Å². The number of aromatic carboxylic acids is 1. The van der Waals surface area contributed by atoms with Gasteiger partial charge in [-0.15, -0.1) is 0 Å². The summed E-state index contributed by atoms with van der Waals surface area (Å²) in [6, 6.07) is 11.6. The number of aromatic nitrogens is 2. The second-order valence-corrected chi connectivity index (χ2v) is 12.7. The van der Waals surface area contributed by atoms with Crippen molar-refractivity contribution in [3.63, 3.8) is 0 Å². The lowest BCUT2D eigenvalue weighted by molar-refractivity contribution is 0.0693. The summed E-state index contributed by atoms with van der Waals surface area (Å²) < 4.78 is 13.6. The average molecular weight is 607 g/mol. The second kappa shape index (κ2) is 10.8. The highest BCUT2D eigenvalue weighted by molar-refractivity contribution is 6.39. The van der Waals surface area contributed by atoms with Gasteiger partial charge in [0.05, 0.1) is 21.1 Å². The maximum absolute atomic E-state index is 11.9. The van der Waals surface area contributed by atoms with Gasteiger partial charge in [0, 0.05) is 54.0 Å². The van der Waals surface area contributed by atoms with Crippen LogP contribution < -0.4 is 4.90 Å². The summed E-state index contributed by atoms with van der Waals surface area (Å²) in [5.41, 5.74) is 6.33. The first-order valence-electron chi connectivity index (χ1n) is 14.7. The second-order valence-electron chi connectivity index (χ2n) is 11.9. The third-order valence-corrected chi connectivity index (χ3v) is 9.64. The zero-order valence-corrected chi connectivity index (χ0v) is 25.0. The summed E-state index contributed by atoms with van der Waals surface area (Å²) >= 11 is 13.2. The van der Waals surface area contributed by atoms with E-state index in [9.17, 15) is 9.90 Å². The molecular weight excluding hydrogens is 573 g/mol. The topological polar surface area (TPSA) is 80.7 Å². The zero-order valence-electron chi connectivity index (χ0n) is 23.5. The normalized spacial score (nSPS) is 18.0. The number of fused-ring (bicyclic) bond motifs is 1. The number of hydrogen-bond acceptors (Lipinski definition) is 5. The Kier molecular flexibility index (Phi) is 7.08. The minimum atomic E-state index is -0.924. The van der Waals surface area contributed by atoms with Gasteiger partial charge in [-0.05, 0) is 79.8 Å². The first kappa shape index (κ1) is 27.6. The number of ether oxygens (including phenoxy) is 1. The molecule has 2 aromatic heterocycles. The number of anilines is 1. The third kappa shape index (κ3) is 4.81. The molecule has 42 heavy (non-hydrogen) atoms. The third-order valence-electron chi connectivity index (χ3n) is 9.01. The first-order chi connectivity index (χ1) is 20.4. The molecule has 3 aliphatic rings. The summed E-state index contributed by atoms with van der Waals surface area (Å²) in [6.07, 6.45) is 10.4.